The van der Waals surface area contributed by atoms with Crippen LogP contribution in [0, 0.1) is 17.5 Å². The third kappa shape index (κ3) is 3.81. The van der Waals surface area contributed by atoms with E-state index >= 15 is 0 Å². The van der Waals surface area contributed by atoms with Crippen molar-refractivity contribution < 1.29 is 17.9 Å². The van der Waals surface area contributed by atoms with E-state index in [2.05, 4.69) is 20.9 Å². The Morgan fingerprint density at radius 2 is 1.75 bits per heavy atom. The maximum absolute atomic E-state index is 13.9. The van der Waals surface area contributed by atoms with E-state index in [4.69, 9.17) is 4.74 Å². The smallest absolute Gasteiger partial charge is 0.165 e. The second-order valence-corrected chi connectivity index (χ2v) is 6.83. The van der Waals surface area contributed by atoms with Crippen LogP contribution in [0.25, 0.3) is 0 Å². The van der Waals surface area contributed by atoms with Crippen molar-refractivity contribution in [1.82, 2.24) is 4.98 Å². The fourth-order valence-corrected chi connectivity index (χ4v) is 3.53. The zero-order chi connectivity index (χ0) is 17.1. The summed E-state index contributed by atoms with van der Waals surface area (Å²) in [7, 11) is 0. The van der Waals surface area contributed by atoms with Crippen molar-refractivity contribution in [1.29, 1.82) is 0 Å². The summed E-state index contributed by atoms with van der Waals surface area (Å²) in [6.07, 6.45) is 4.25. The van der Waals surface area contributed by atoms with E-state index in [0.717, 1.165) is 22.3 Å². The van der Waals surface area contributed by atoms with E-state index in [1.54, 1.807) is 6.20 Å². The predicted octanol–water partition coefficient (Wildman–Crippen LogP) is 5.50. The van der Waals surface area contributed by atoms with E-state index in [1.165, 1.54) is 0 Å². The highest BCUT2D eigenvalue weighted by atomic mass is 79.9. The summed E-state index contributed by atoms with van der Waals surface area (Å²) in [5, 5.41) is 0. The van der Waals surface area contributed by atoms with Gasteiger partial charge < -0.3 is 4.74 Å². The van der Waals surface area contributed by atoms with Gasteiger partial charge in [-0.2, -0.15) is 0 Å². The van der Waals surface area contributed by atoms with Crippen LogP contribution in [-0.4, -0.2) is 11.1 Å². The number of rotatable bonds is 4. The fraction of sp³-hybridized carbons (Fsp3) is 0.389. The first-order valence-corrected chi connectivity index (χ1v) is 8.70. The highest BCUT2D eigenvalue weighted by Gasteiger charge is 2.28. The van der Waals surface area contributed by atoms with Gasteiger partial charge in [0.15, 0.2) is 11.6 Å². The zero-order valence-electron chi connectivity index (χ0n) is 12.9. The first-order chi connectivity index (χ1) is 11.6. The summed E-state index contributed by atoms with van der Waals surface area (Å²) in [4.78, 5) is 4.25. The minimum Gasteiger partial charge on any atom is -0.372 e. The molecule has 1 aliphatic carbocycles. The molecule has 24 heavy (non-hydrogen) atoms. The van der Waals surface area contributed by atoms with Crippen molar-refractivity contribution in [2.45, 2.75) is 44.3 Å². The molecule has 2 nitrogen and oxygen atoms in total. The molecule has 0 bridgehead atoms. The van der Waals surface area contributed by atoms with Crippen LogP contribution in [-0.2, 0) is 11.3 Å². The van der Waals surface area contributed by atoms with Gasteiger partial charge in [-0.25, -0.2) is 13.2 Å². The monoisotopic (exact) mass is 399 g/mol. The molecule has 0 aliphatic heterocycles. The Labute approximate surface area is 147 Å². The molecular formula is C18H17BrF3NO. The lowest BCUT2D eigenvalue weighted by molar-refractivity contribution is 0.0110. The molecule has 1 fully saturated rings. The highest BCUT2D eigenvalue weighted by molar-refractivity contribution is 9.10. The lowest BCUT2D eigenvalue weighted by Gasteiger charge is -2.29. The van der Waals surface area contributed by atoms with Gasteiger partial charge >= 0.3 is 0 Å². The number of benzene rings is 1. The lowest BCUT2D eigenvalue weighted by Crippen LogP contribution is -2.22. The standard InChI is InChI=1S/C18H17BrF3NO/c19-13-2-1-9-23-16(13)10-24-12-5-3-11(4-6-12)17-14(20)7-8-15(21)18(17)22/h1-2,7-9,11-12H,3-6,10H2. The summed E-state index contributed by atoms with van der Waals surface area (Å²) in [5.41, 5.74) is 0.697. The van der Waals surface area contributed by atoms with Gasteiger partial charge in [0, 0.05) is 16.2 Å². The maximum Gasteiger partial charge on any atom is 0.165 e. The van der Waals surface area contributed by atoms with Crippen molar-refractivity contribution in [2.24, 2.45) is 0 Å². The Balaban J connectivity index is 1.59. The maximum atomic E-state index is 13.9. The average molecular weight is 400 g/mol. The number of halogens is 4. The SMILES string of the molecule is Fc1ccc(F)c(C2CCC(OCc3ncccc3Br)CC2)c1F. The molecular weight excluding hydrogens is 383 g/mol. The van der Waals surface area contributed by atoms with Gasteiger partial charge in [-0.3, -0.25) is 4.98 Å². The summed E-state index contributed by atoms with van der Waals surface area (Å²) < 4.78 is 47.9. The Kier molecular flexibility index (Phi) is 5.56. The topological polar surface area (TPSA) is 22.1 Å². The van der Waals surface area contributed by atoms with Crippen molar-refractivity contribution in [3.05, 3.63) is 63.6 Å². The summed E-state index contributed by atoms with van der Waals surface area (Å²) in [5.74, 6) is -3.03. The van der Waals surface area contributed by atoms with E-state index < -0.39 is 17.5 Å². The van der Waals surface area contributed by atoms with Gasteiger partial charge in [0.05, 0.1) is 18.4 Å². The summed E-state index contributed by atoms with van der Waals surface area (Å²) >= 11 is 3.42. The van der Waals surface area contributed by atoms with Crippen LogP contribution in [0.2, 0.25) is 0 Å². The van der Waals surface area contributed by atoms with E-state index in [1.807, 2.05) is 12.1 Å². The summed E-state index contributed by atoms with van der Waals surface area (Å²) in [6.45, 7) is 0.388. The van der Waals surface area contributed by atoms with Crippen molar-refractivity contribution >= 4 is 15.9 Å². The Morgan fingerprint density at radius 1 is 1.04 bits per heavy atom. The summed E-state index contributed by atoms with van der Waals surface area (Å²) in [6, 6.07) is 5.56. The lowest BCUT2D eigenvalue weighted by atomic mass is 9.82. The van der Waals surface area contributed by atoms with Gasteiger partial charge in [-0.15, -0.1) is 0 Å². The van der Waals surface area contributed by atoms with Crippen LogP contribution >= 0.6 is 15.9 Å². The third-order valence-corrected chi connectivity index (χ3v) is 5.17. The van der Waals surface area contributed by atoms with Crippen molar-refractivity contribution in [3.63, 3.8) is 0 Å². The van der Waals surface area contributed by atoms with Gasteiger partial charge in [0.25, 0.3) is 0 Å². The van der Waals surface area contributed by atoms with Crippen LogP contribution in [0.3, 0.4) is 0 Å². The number of hydrogen-bond acceptors (Lipinski definition) is 2. The van der Waals surface area contributed by atoms with Gasteiger partial charge in [0.2, 0.25) is 0 Å². The largest absolute Gasteiger partial charge is 0.372 e. The Morgan fingerprint density at radius 3 is 2.46 bits per heavy atom. The van der Waals surface area contributed by atoms with Crippen LogP contribution in [0.1, 0.15) is 42.9 Å². The van der Waals surface area contributed by atoms with E-state index in [0.29, 0.717) is 32.3 Å². The zero-order valence-corrected chi connectivity index (χ0v) is 14.5. The number of pyridine rings is 1. The first-order valence-electron chi connectivity index (χ1n) is 7.90. The molecule has 0 spiro atoms. The fourth-order valence-electron chi connectivity index (χ4n) is 3.16. The molecule has 6 heteroatoms. The molecule has 1 aromatic carbocycles. The second kappa shape index (κ2) is 7.66. The highest BCUT2D eigenvalue weighted by Crippen LogP contribution is 2.37. The van der Waals surface area contributed by atoms with Crippen LogP contribution in [0.15, 0.2) is 34.9 Å². The van der Waals surface area contributed by atoms with Crippen molar-refractivity contribution in [3.8, 4) is 0 Å². The molecule has 1 aromatic heterocycles. The van der Waals surface area contributed by atoms with Crippen molar-refractivity contribution in [2.75, 3.05) is 0 Å². The average Bonchev–Trinajstić information content (AvgIpc) is 2.59. The minimum absolute atomic E-state index is 0.0230. The number of ether oxygens (including phenoxy) is 1. The Bertz CT molecular complexity index is 717. The molecule has 128 valence electrons. The molecule has 0 radical (unpaired) electrons. The van der Waals surface area contributed by atoms with Crippen LogP contribution in [0.4, 0.5) is 13.2 Å². The molecule has 0 atom stereocenters. The van der Waals surface area contributed by atoms with E-state index in [9.17, 15) is 13.2 Å². The number of hydrogen-bond donors (Lipinski definition) is 0. The van der Waals surface area contributed by atoms with Gasteiger partial charge in [-0.1, -0.05) is 0 Å². The number of aromatic nitrogens is 1. The molecule has 0 saturated heterocycles. The molecule has 1 aliphatic rings. The molecule has 0 unspecified atom stereocenters. The molecule has 1 saturated carbocycles. The quantitative estimate of drug-likeness (QED) is 0.632. The van der Waals surface area contributed by atoms with Crippen LogP contribution in [0.5, 0.6) is 0 Å². The molecule has 3 rings (SSSR count). The third-order valence-electron chi connectivity index (χ3n) is 4.45. The molecule has 0 amide bonds. The second-order valence-electron chi connectivity index (χ2n) is 5.97. The Hall–Kier alpha value is -1.40. The minimum atomic E-state index is -1.06. The van der Waals surface area contributed by atoms with Gasteiger partial charge in [-0.05, 0) is 71.8 Å². The predicted molar refractivity (Wildman–Crippen MR) is 88.0 cm³/mol. The normalized spacial score (nSPS) is 21.0. The first kappa shape index (κ1) is 17.4. The molecule has 1 heterocycles. The van der Waals surface area contributed by atoms with Gasteiger partial charge in [0.1, 0.15) is 5.82 Å². The van der Waals surface area contributed by atoms with E-state index in [-0.39, 0.29) is 17.6 Å². The molecule has 2 aromatic rings. The molecule has 0 N–H and O–H groups in total. The number of nitrogens with zero attached hydrogens (tertiary/aromatic N) is 1. The van der Waals surface area contributed by atoms with Crippen LogP contribution < -0.4 is 0 Å².